The Balaban J connectivity index is 2.53. The molecule has 0 saturated carbocycles. The average molecular weight is 213 g/mol. The van der Waals surface area contributed by atoms with Gasteiger partial charge in [0.1, 0.15) is 0 Å². The zero-order valence-corrected chi connectivity index (χ0v) is 10.1. The highest BCUT2D eigenvalue weighted by Gasteiger charge is 2.31. The second-order valence-electron chi connectivity index (χ2n) is 4.73. The SMILES string of the molecule is CC(CN)CN1CCCC1C(=O)N(C)C. The molecule has 2 atom stereocenters. The first-order valence-electron chi connectivity index (χ1n) is 5.71. The Morgan fingerprint density at radius 1 is 1.60 bits per heavy atom. The van der Waals surface area contributed by atoms with Gasteiger partial charge in [0, 0.05) is 20.6 Å². The molecule has 0 bridgehead atoms. The first-order valence-corrected chi connectivity index (χ1v) is 5.71. The molecule has 2 N–H and O–H groups in total. The molecule has 1 rings (SSSR count). The number of amides is 1. The van der Waals surface area contributed by atoms with E-state index >= 15 is 0 Å². The van der Waals surface area contributed by atoms with E-state index in [2.05, 4.69) is 11.8 Å². The van der Waals surface area contributed by atoms with E-state index in [0.29, 0.717) is 12.5 Å². The summed E-state index contributed by atoms with van der Waals surface area (Å²) in [7, 11) is 3.65. The molecule has 0 aromatic rings. The van der Waals surface area contributed by atoms with Crippen LogP contribution in [0.15, 0.2) is 0 Å². The summed E-state index contributed by atoms with van der Waals surface area (Å²) in [5, 5.41) is 0. The second kappa shape index (κ2) is 5.47. The molecular weight excluding hydrogens is 190 g/mol. The summed E-state index contributed by atoms with van der Waals surface area (Å²) in [6.45, 7) is 4.81. The lowest BCUT2D eigenvalue weighted by atomic mass is 10.1. The highest BCUT2D eigenvalue weighted by molar-refractivity contribution is 5.81. The molecule has 1 fully saturated rings. The van der Waals surface area contributed by atoms with Crippen molar-refractivity contribution in [2.75, 3.05) is 33.7 Å². The van der Waals surface area contributed by atoms with Gasteiger partial charge in [0.15, 0.2) is 0 Å². The van der Waals surface area contributed by atoms with E-state index in [-0.39, 0.29) is 11.9 Å². The van der Waals surface area contributed by atoms with Crippen molar-refractivity contribution in [3.63, 3.8) is 0 Å². The fourth-order valence-corrected chi connectivity index (χ4v) is 2.10. The lowest BCUT2D eigenvalue weighted by Crippen LogP contribution is -2.44. The second-order valence-corrected chi connectivity index (χ2v) is 4.73. The van der Waals surface area contributed by atoms with Crippen molar-refractivity contribution in [2.45, 2.75) is 25.8 Å². The number of hydrogen-bond acceptors (Lipinski definition) is 3. The predicted octanol–water partition coefficient (Wildman–Crippen LogP) is 0.134. The average Bonchev–Trinajstić information content (AvgIpc) is 2.64. The molecule has 2 unspecified atom stereocenters. The van der Waals surface area contributed by atoms with Crippen LogP contribution in [-0.4, -0.2) is 55.5 Å². The molecule has 1 amide bonds. The maximum atomic E-state index is 11.9. The standard InChI is InChI=1S/C11H23N3O/c1-9(7-12)8-14-6-4-5-10(14)11(15)13(2)3/h9-10H,4-8,12H2,1-3H3. The van der Waals surface area contributed by atoms with Crippen LogP contribution in [0.1, 0.15) is 19.8 Å². The number of likely N-dealkylation sites (tertiary alicyclic amines) is 1. The molecule has 0 aliphatic carbocycles. The molecular formula is C11H23N3O. The fraction of sp³-hybridized carbons (Fsp3) is 0.909. The summed E-state index contributed by atoms with van der Waals surface area (Å²) in [4.78, 5) is 15.8. The molecule has 0 aromatic carbocycles. The van der Waals surface area contributed by atoms with Crippen molar-refractivity contribution in [1.82, 2.24) is 9.80 Å². The van der Waals surface area contributed by atoms with Gasteiger partial charge in [-0.25, -0.2) is 0 Å². The Labute approximate surface area is 92.4 Å². The number of carbonyl (C=O) groups is 1. The molecule has 15 heavy (non-hydrogen) atoms. The van der Waals surface area contributed by atoms with Gasteiger partial charge in [0.05, 0.1) is 6.04 Å². The molecule has 1 aliphatic rings. The largest absolute Gasteiger partial charge is 0.347 e. The van der Waals surface area contributed by atoms with E-state index in [1.54, 1.807) is 4.90 Å². The molecule has 4 heteroatoms. The third kappa shape index (κ3) is 3.18. The minimum atomic E-state index is 0.0917. The topological polar surface area (TPSA) is 49.6 Å². The Morgan fingerprint density at radius 3 is 2.80 bits per heavy atom. The summed E-state index contributed by atoms with van der Waals surface area (Å²) in [6.07, 6.45) is 2.12. The monoisotopic (exact) mass is 213 g/mol. The third-order valence-electron chi connectivity index (χ3n) is 3.04. The van der Waals surface area contributed by atoms with E-state index in [0.717, 1.165) is 25.9 Å². The molecule has 88 valence electrons. The van der Waals surface area contributed by atoms with Crippen LogP contribution in [0.2, 0.25) is 0 Å². The van der Waals surface area contributed by atoms with E-state index in [9.17, 15) is 4.79 Å². The Morgan fingerprint density at radius 2 is 2.27 bits per heavy atom. The molecule has 0 radical (unpaired) electrons. The number of rotatable bonds is 4. The molecule has 1 aliphatic heterocycles. The van der Waals surface area contributed by atoms with E-state index in [1.807, 2.05) is 14.1 Å². The number of nitrogens with two attached hydrogens (primary N) is 1. The summed E-state index contributed by atoms with van der Waals surface area (Å²) < 4.78 is 0. The normalized spacial score (nSPS) is 24.1. The van der Waals surface area contributed by atoms with Crippen molar-refractivity contribution >= 4 is 5.91 Å². The van der Waals surface area contributed by atoms with Gasteiger partial charge in [0.2, 0.25) is 5.91 Å². The maximum Gasteiger partial charge on any atom is 0.239 e. The van der Waals surface area contributed by atoms with Crippen LogP contribution in [0.5, 0.6) is 0 Å². The first-order chi connectivity index (χ1) is 7.06. The first kappa shape index (κ1) is 12.5. The summed E-state index contributed by atoms with van der Waals surface area (Å²) in [5.41, 5.74) is 5.61. The lowest BCUT2D eigenvalue weighted by molar-refractivity contribution is -0.133. The Bertz CT molecular complexity index is 218. The van der Waals surface area contributed by atoms with Gasteiger partial charge in [-0.15, -0.1) is 0 Å². The van der Waals surface area contributed by atoms with E-state index in [4.69, 9.17) is 5.73 Å². The van der Waals surface area contributed by atoms with Crippen LogP contribution in [0.25, 0.3) is 0 Å². The van der Waals surface area contributed by atoms with Crippen molar-refractivity contribution in [2.24, 2.45) is 11.7 Å². The summed E-state index contributed by atoms with van der Waals surface area (Å²) in [5.74, 6) is 0.706. The van der Waals surface area contributed by atoms with Crippen molar-refractivity contribution in [1.29, 1.82) is 0 Å². The Hall–Kier alpha value is -0.610. The fourth-order valence-electron chi connectivity index (χ4n) is 2.10. The van der Waals surface area contributed by atoms with Gasteiger partial charge >= 0.3 is 0 Å². The maximum absolute atomic E-state index is 11.9. The summed E-state index contributed by atoms with van der Waals surface area (Å²) >= 11 is 0. The van der Waals surface area contributed by atoms with E-state index < -0.39 is 0 Å². The number of nitrogens with zero attached hydrogens (tertiary/aromatic N) is 2. The van der Waals surface area contributed by atoms with Gasteiger partial charge in [-0.3, -0.25) is 9.69 Å². The summed E-state index contributed by atoms with van der Waals surface area (Å²) in [6, 6.07) is 0.0917. The number of carbonyl (C=O) groups excluding carboxylic acids is 1. The van der Waals surface area contributed by atoms with Crippen molar-refractivity contribution < 1.29 is 4.79 Å². The predicted molar refractivity (Wildman–Crippen MR) is 61.5 cm³/mol. The number of hydrogen-bond donors (Lipinski definition) is 1. The zero-order valence-electron chi connectivity index (χ0n) is 10.1. The molecule has 1 heterocycles. The quantitative estimate of drug-likeness (QED) is 0.722. The third-order valence-corrected chi connectivity index (χ3v) is 3.04. The highest BCUT2D eigenvalue weighted by atomic mass is 16.2. The smallest absolute Gasteiger partial charge is 0.239 e. The van der Waals surface area contributed by atoms with Gasteiger partial charge in [-0.2, -0.15) is 0 Å². The molecule has 4 nitrogen and oxygen atoms in total. The lowest BCUT2D eigenvalue weighted by Gasteiger charge is -2.27. The van der Waals surface area contributed by atoms with Gasteiger partial charge in [0.25, 0.3) is 0 Å². The van der Waals surface area contributed by atoms with Crippen molar-refractivity contribution in [3.8, 4) is 0 Å². The molecule has 0 aromatic heterocycles. The minimum Gasteiger partial charge on any atom is -0.347 e. The van der Waals surface area contributed by atoms with Gasteiger partial charge < -0.3 is 10.6 Å². The minimum absolute atomic E-state index is 0.0917. The van der Waals surface area contributed by atoms with Crippen LogP contribution >= 0.6 is 0 Å². The zero-order chi connectivity index (χ0) is 11.4. The van der Waals surface area contributed by atoms with Crippen LogP contribution in [0.4, 0.5) is 0 Å². The number of likely N-dealkylation sites (N-methyl/N-ethyl adjacent to an activating group) is 1. The Kier molecular flexibility index (Phi) is 4.54. The molecule has 1 saturated heterocycles. The van der Waals surface area contributed by atoms with Crippen LogP contribution in [0.3, 0.4) is 0 Å². The van der Waals surface area contributed by atoms with Crippen LogP contribution < -0.4 is 5.73 Å². The van der Waals surface area contributed by atoms with Gasteiger partial charge in [-0.05, 0) is 31.8 Å². The molecule has 0 spiro atoms. The van der Waals surface area contributed by atoms with Crippen molar-refractivity contribution in [3.05, 3.63) is 0 Å². The highest BCUT2D eigenvalue weighted by Crippen LogP contribution is 2.19. The van der Waals surface area contributed by atoms with Gasteiger partial charge in [-0.1, -0.05) is 6.92 Å². The van der Waals surface area contributed by atoms with Crippen LogP contribution in [0, 0.1) is 5.92 Å². The van der Waals surface area contributed by atoms with E-state index in [1.165, 1.54) is 0 Å². The van der Waals surface area contributed by atoms with Crippen LogP contribution in [-0.2, 0) is 4.79 Å².